The second-order valence-electron chi connectivity index (χ2n) is 11.3. The molecule has 5 heteroatoms. The second-order valence-corrected chi connectivity index (χ2v) is 12.3. The van der Waals surface area contributed by atoms with Crippen LogP contribution in [0.25, 0.3) is 91.6 Å². The van der Waals surface area contributed by atoms with Gasteiger partial charge >= 0.3 is 0 Å². The van der Waals surface area contributed by atoms with Crippen LogP contribution >= 0.6 is 11.3 Å². The summed E-state index contributed by atoms with van der Waals surface area (Å²) in [5, 5.41) is 10.7. The Bertz CT molecular complexity index is 2780. The molecule has 4 nitrogen and oxygen atoms in total. The van der Waals surface area contributed by atoms with E-state index in [1.165, 1.54) is 41.7 Å². The van der Waals surface area contributed by atoms with E-state index >= 15 is 0 Å². The number of hydrogen-bond acceptors (Lipinski definition) is 4. The number of fused-ring (bicyclic) bond motifs is 11. The second kappa shape index (κ2) is 8.93. The summed E-state index contributed by atoms with van der Waals surface area (Å²) in [5.41, 5.74) is 4.96. The summed E-state index contributed by atoms with van der Waals surface area (Å²) in [6.07, 6.45) is 3.69. The van der Waals surface area contributed by atoms with Crippen LogP contribution in [0.15, 0.2) is 134 Å². The minimum absolute atomic E-state index is 0.654. The summed E-state index contributed by atoms with van der Waals surface area (Å²) in [4.78, 5) is 15.1. The minimum Gasteiger partial charge on any atom is -0.278 e. The van der Waals surface area contributed by atoms with E-state index in [4.69, 9.17) is 9.97 Å². The van der Waals surface area contributed by atoms with Crippen LogP contribution in [0.3, 0.4) is 0 Å². The molecule has 0 bridgehead atoms. The van der Waals surface area contributed by atoms with Gasteiger partial charge in [0.05, 0.1) is 22.2 Å². The van der Waals surface area contributed by atoms with Crippen LogP contribution in [0.2, 0.25) is 0 Å². The molecule has 0 N–H and O–H groups in total. The average molecular weight is 579 g/mol. The molecule has 10 rings (SSSR count). The number of rotatable bonds is 2. The summed E-state index contributed by atoms with van der Waals surface area (Å²) >= 11 is 1.86. The van der Waals surface area contributed by atoms with Crippen molar-refractivity contribution >= 4 is 85.8 Å². The molecule has 0 atom stereocenters. The van der Waals surface area contributed by atoms with Crippen LogP contribution in [-0.4, -0.2) is 19.5 Å². The fraction of sp³-hybridized carbons (Fsp3) is 0. The quantitative estimate of drug-likeness (QED) is 0.192. The third-order valence-corrected chi connectivity index (χ3v) is 10.1. The molecular weight excluding hydrogens is 557 g/mol. The highest BCUT2D eigenvalue weighted by Crippen LogP contribution is 2.42. The molecule has 4 aromatic heterocycles. The molecule has 0 unspecified atom stereocenters. The van der Waals surface area contributed by atoms with Crippen molar-refractivity contribution in [3.63, 3.8) is 0 Å². The summed E-state index contributed by atoms with van der Waals surface area (Å²) < 4.78 is 4.86. The molecule has 0 saturated carbocycles. The number of benzene rings is 6. The van der Waals surface area contributed by atoms with Crippen molar-refractivity contribution in [3.8, 4) is 17.2 Å². The van der Waals surface area contributed by atoms with E-state index in [9.17, 15) is 0 Å². The number of para-hydroxylation sites is 1. The topological polar surface area (TPSA) is 43.6 Å². The predicted octanol–water partition coefficient (Wildman–Crippen LogP) is 10.5. The Labute approximate surface area is 255 Å². The smallest absolute Gasteiger partial charge is 0.235 e. The monoisotopic (exact) mass is 578 g/mol. The van der Waals surface area contributed by atoms with Gasteiger partial charge in [0.1, 0.15) is 0 Å². The average Bonchev–Trinajstić information content (AvgIpc) is 3.63. The number of hydrogen-bond donors (Lipinski definition) is 0. The van der Waals surface area contributed by atoms with E-state index in [2.05, 4.69) is 125 Å². The zero-order valence-electron chi connectivity index (χ0n) is 23.4. The van der Waals surface area contributed by atoms with Crippen molar-refractivity contribution in [1.29, 1.82) is 0 Å². The Morgan fingerprint density at radius 3 is 2.23 bits per heavy atom. The molecule has 0 amide bonds. The largest absolute Gasteiger partial charge is 0.278 e. The molecule has 0 saturated heterocycles. The van der Waals surface area contributed by atoms with Crippen molar-refractivity contribution in [3.05, 3.63) is 134 Å². The third-order valence-electron chi connectivity index (χ3n) is 8.87. The maximum absolute atomic E-state index is 5.34. The van der Waals surface area contributed by atoms with E-state index < -0.39 is 0 Å². The van der Waals surface area contributed by atoms with E-state index in [0.717, 1.165) is 44.0 Å². The highest BCUT2D eigenvalue weighted by molar-refractivity contribution is 7.26. The van der Waals surface area contributed by atoms with Gasteiger partial charge < -0.3 is 0 Å². The van der Waals surface area contributed by atoms with Gasteiger partial charge in [0.15, 0.2) is 0 Å². The first-order valence-electron chi connectivity index (χ1n) is 14.7. The van der Waals surface area contributed by atoms with Crippen molar-refractivity contribution in [2.24, 2.45) is 0 Å². The van der Waals surface area contributed by atoms with Crippen LogP contribution in [0.1, 0.15) is 0 Å². The van der Waals surface area contributed by atoms with Gasteiger partial charge in [-0.05, 0) is 53.2 Å². The molecule has 0 aliphatic carbocycles. The van der Waals surface area contributed by atoms with Gasteiger partial charge in [0, 0.05) is 65.1 Å². The summed E-state index contributed by atoms with van der Waals surface area (Å²) in [6, 6.07) is 43.3. The van der Waals surface area contributed by atoms with E-state index in [-0.39, 0.29) is 0 Å². The normalized spacial score (nSPS) is 12.1. The zero-order chi connectivity index (χ0) is 28.8. The van der Waals surface area contributed by atoms with Crippen molar-refractivity contribution in [2.45, 2.75) is 0 Å². The molecule has 0 fully saturated rings. The summed E-state index contributed by atoms with van der Waals surface area (Å²) in [6.45, 7) is 0. The van der Waals surface area contributed by atoms with Crippen LogP contribution < -0.4 is 0 Å². The van der Waals surface area contributed by atoms with Crippen molar-refractivity contribution in [2.75, 3.05) is 0 Å². The van der Waals surface area contributed by atoms with E-state index in [1.54, 1.807) is 6.20 Å². The Hall–Kier alpha value is -5.65. The molecule has 0 spiro atoms. The molecule has 10 aromatic rings. The highest BCUT2D eigenvalue weighted by atomic mass is 32.1. The van der Waals surface area contributed by atoms with Crippen LogP contribution in [0.5, 0.6) is 0 Å². The lowest BCUT2D eigenvalue weighted by Gasteiger charge is -2.13. The molecule has 6 aromatic carbocycles. The third kappa shape index (κ3) is 3.30. The summed E-state index contributed by atoms with van der Waals surface area (Å²) in [5.74, 6) is 0.654. The van der Waals surface area contributed by atoms with E-state index in [0.29, 0.717) is 5.95 Å². The van der Waals surface area contributed by atoms with Gasteiger partial charge in [-0.25, -0.2) is 9.97 Å². The minimum atomic E-state index is 0.654. The molecular formula is C39H22N4S. The maximum atomic E-state index is 5.34. The molecule has 4 heterocycles. The highest BCUT2D eigenvalue weighted by Gasteiger charge is 2.20. The van der Waals surface area contributed by atoms with Crippen LogP contribution in [-0.2, 0) is 0 Å². The molecule has 204 valence electrons. The fourth-order valence-electron chi connectivity index (χ4n) is 6.86. The van der Waals surface area contributed by atoms with Gasteiger partial charge in [-0.1, -0.05) is 78.9 Å². The van der Waals surface area contributed by atoms with Crippen LogP contribution in [0.4, 0.5) is 0 Å². The fourth-order valence-corrected chi connectivity index (χ4v) is 8.09. The lowest BCUT2D eigenvalue weighted by Crippen LogP contribution is -2.04. The van der Waals surface area contributed by atoms with Gasteiger partial charge in [0.25, 0.3) is 0 Å². The Morgan fingerprint density at radius 1 is 0.523 bits per heavy atom. The standard InChI is InChI=1S/C39H22N4S/c1-2-10-26-23(8-1)15-18-30-36(25-9-7-19-40-22-25)41-39(42-37(26)30)43-33-13-5-3-11-27(33)32-20-24-16-17-29-28-12-4-6-14-35(28)44-38(29)31(24)21-34(32)43/h1-22H. The van der Waals surface area contributed by atoms with Gasteiger partial charge in [-0.3, -0.25) is 9.55 Å². The zero-order valence-corrected chi connectivity index (χ0v) is 24.2. The first-order chi connectivity index (χ1) is 21.8. The van der Waals surface area contributed by atoms with Gasteiger partial charge in [-0.15, -0.1) is 11.3 Å². The number of aromatic nitrogens is 4. The van der Waals surface area contributed by atoms with Crippen molar-refractivity contribution in [1.82, 2.24) is 19.5 Å². The molecule has 44 heavy (non-hydrogen) atoms. The van der Waals surface area contributed by atoms with Gasteiger partial charge in [0.2, 0.25) is 5.95 Å². The molecule has 0 aliphatic heterocycles. The van der Waals surface area contributed by atoms with Gasteiger partial charge in [-0.2, -0.15) is 0 Å². The Kier molecular flexibility index (Phi) is 4.84. The SMILES string of the molecule is c1cncc(-c2nc(-n3c4ccccc4c4cc5ccc6c7ccccc7sc6c5cc43)nc3c2ccc2ccccc23)c1. The maximum Gasteiger partial charge on any atom is 0.235 e. The van der Waals surface area contributed by atoms with E-state index in [1.807, 2.05) is 23.6 Å². The molecule has 0 radical (unpaired) electrons. The molecule has 0 aliphatic rings. The Balaban J connectivity index is 1.37. The van der Waals surface area contributed by atoms with Crippen molar-refractivity contribution < 1.29 is 0 Å². The Morgan fingerprint density at radius 2 is 1.32 bits per heavy atom. The first-order valence-corrected chi connectivity index (χ1v) is 15.5. The predicted molar refractivity (Wildman–Crippen MR) is 185 cm³/mol. The number of nitrogens with zero attached hydrogens (tertiary/aromatic N) is 4. The lowest BCUT2D eigenvalue weighted by molar-refractivity contribution is 1.02. The summed E-state index contributed by atoms with van der Waals surface area (Å²) in [7, 11) is 0. The lowest BCUT2D eigenvalue weighted by atomic mass is 10.0. The first kappa shape index (κ1) is 23.9. The number of thiophene rings is 1. The van der Waals surface area contributed by atoms with Crippen LogP contribution in [0, 0.1) is 0 Å². The number of pyridine rings is 1.